The molecule has 13 heavy (non-hydrogen) atoms. The van der Waals surface area contributed by atoms with Gasteiger partial charge in [0.05, 0.1) is 12.7 Å². The third-order valence-electron chi connectivity index (χ3n) is 1.40. The van der Waals surface area contributed by atoms with E-state index >= 15 is 0 Å². The fraction of sp³-hybridized carbons (Fsp3) is 0.286. The molecule has 1 aromatic heterocycles. The Kier molecular flexibility index (Phi) is 3.23. The molecular weight excluding hydrogens is 295 g/mol. The topological polar surface area (TPSA) is 42.4 Å². The van der Waals surface area contributed by atoms with Crippen molar-refractivity contribution in [1.29, 1.82) is 0 Å². The maximum Gasteiger partial charge on any atom is 0.267 e. The number of halogens is 3. The molecule has 0 aliphatic carbocycles. The zero-order chi connectivity index (χ0) is 10.0. The van der Waals surface area contributed by atoms with Crippen LogP contribution in [0.2, 0.25) is 0 Å². The Hall–Kier alpha value is -0.660. The Labute approximate surface area is 86.9 Å². The van der Waals surface area contributed by atoms with E-state index in [1.807, 2.05) is 0 Å². The van der Waals surface area contributed by atoms with Crippen molar-refractivity contribution in [2.24, 2.45) is 0 Å². The van der Waals surface area contributed by atoms with Crippen molar-refractivity contribution >= 4 is 22.6 Å². The maximum absolute atomic E-state index is 12.3. The van der Waals surface area contributed by atoms with Gasteiger partial charge in [0, 0.05) is 6.07 Å². The van der Waals surface area contributed by atoms with Gasteiger partial charge in [-0.05, 0) is 22.6 Å². The van der Waals surface area contributed by atoms with Crippen LogP contribution in [0, 0.1) is 3.70 Å². The summed E-state index contributed by atoms with van der Waals surface area (Å²) in [5, 5.41) is 9.18. The van der Waals surface area contributed by atoms with Crippen LogP contribution in [0.25, 0.3) is 0 Å². The second-order valence-corrected chi connectivity index (χ2v) is 3.22. The van der Waals surface area contributed by atoms with Crippen LogP contribution in [-0.2, 0) is 0 Å². The monoisotopic (exact) mass is 301 g/mol. The predicted octanol–water partition coefficient (Wildman–Crippen LogP) is 2.34. The molecule has 0 aromatic carbocycles. The fourth-order valence-electron chi connectivity index (χ4n) is 0.773. The Balaban J connectivity index is 3.25. The molecule has 0 unspecified atom stereocenters. The normalized spacial score (nSPS) is 10.5. The molecule has 1 aromatic rings. The maximum atomic E-state index is 12.3. The number of alkyl halides is 2. The van der Waals surface area contributed by atoms with Crippen LogP contribution in [0.3, 0.4) is 0 Å². The lowest BCUT2D eigenvalue weighted by atomic mass is 10.2. The molecule has 0 aliphatic rings. The first-order valence-electron chi connectivity index (χ1n) is 3.27. The number of pyridine rings is 1. The average molecular weight is 301 g/mol. The van der Waals surface area contributed by atoms with E-state index < -0.39 is 17.7 Å². The molecule has 0 fully saturated rings. The van der Waals surface area contributed by atoms with Crippen molar-refractivity contribution < 1.29 is 18.6 Å². The molecule has 0 bridgehead atoms. The number of ether oxygens (including phenoxy) is 1. The molecule has 1 heterocycles. The van der Waals surface area contributed by atoms with E-state index in [-0.39, 0.29) is 9.58 Å². The summed E-state index contributed by atoms with van der Waals surface area (Å²) in [6, 6.07) is 1.02. The summed E-state index contributed by atoms with van der Waals surface area (Å²) in [4.78, 5) is 3.72. The van der Waals surface area contributed by atoms with Crippen molar-refractivity contribution in [3.63, 3.8) is 0 Å². The number of rotatable bonds is 2. The Morgan fingerprint density at radius 3 is 2.69 bits per heavy atom. The SMILES string of the molecule is COc1cc(C(F)F)c(O)c(I)n1. The van der Waals surface area contributed by atoms with Crippen LogP contribution < -0.4 is 4.74 Å². The molecule has 0 saturated carbocycles. The van der Waals surface area contributed by atoms with E-state index in [0.29, 0.717) is 0 Å². The highest BCUT2D eigenvalue weighted by molar-refractivity contribution is 14.1. The van der Waals surface area contributed by atoms with Crippen LogP contribution in [0.4, 0.5) is 8.78 Å². The molecule has 0 atom stereocenters. The Bertz CT molecular complexity index is 320. The number of hydrogen-bond acceptors (Lipinski definition) is 3. The van der Waals surface area contributed by atoms with Crippen molar-refractivity contribution in [1.82, 2.24) is 4.98 Å². The third kappa shape index (κ3) is 2.17. The first kappa shape index (κ1) is 10.4. The van der Waals surface area contributed by atoms with Crippen LogP contribution in [-0.4, -0.2) is 17.2 Å². The summed E-state index contributed by atoms with van der Waals surface area (Å²) in [5.41, 5.74) is -0.462. The lowest BCUT2D eigenvalue weighted by Gasteiger charge is -2.06. The van der Waals surface area contributed by atoms with Crippen LogP contribution in [0.1, 0.15) is 12.0 Å². The van der Waals surface area contributed by atoms with Crippen LogP contribution in [0.5, 0.6) is 11.6 Å². The molecule has 72 valence electrons. The molecule has 3 nitrogen and oxygen atoms in total. The number of methoxy groups -OCH3 is 1. The van der Waals surface area contributed by atoms with Crippen LogP contribution >= 0.6 is 22.6 Å². The summed E-state index contributed by atoms with van der Waals surface area (Å²) >= 11 is 1.66. The summed E-state index contributed by atoms with van der Waals surface area (Å²) in [5.74, 6) is -0.422. The third-order valence-corrected chi connectivity index (χ3v) is 2.15. The lowest BCUT2D eigenvalue weighted by molar-refractivity contribution is 0.146. The molecule has 0 radical (unpaired) electrons. The highest BCUT2D eigenvalue weighted by Gasteiger charge is 2.17. The van der Waals surface area contributed by atoms with Gasteiger partial charge in [-0.15, -0.1) is 0 Å². The molecule has 0 aliphatic heterocycles. The second-order valence-electron chi connectivity index (χ2n) is 2.19. The quantitative estimate of drug-likeness (QED) is 0.673. The summed E-state index contributed by atoms with van der Waals surface area (Å²) in [7, 11) is 1.32. The van der Waals surface area contributed by atoms with Crippen molar-refractivity contribution in [3.05, 3.63) is 15.3 Å². The van der Waals surface area contributed by atoms with E-state index in [2.05, 4.69) is 9.72 Å². The smallest absolute Gasteiger partial charge is 0.267 e. The van der Waals surface area contributed by atoms with Gasteiger partial charge < -0.3 is 9.84 Å². The van der Waals surface area contributed by atoms with Gasteiger partial charge in [0.1, 0.15) is 3.70 Å². The molecule has 1 N–H and O–H groups in total. The van der Waals surface area contributed by atoms with Gasteiger partial charge in [-0.1, -0.05) is 0 Å². The largest absolute Gasteiger partial charge is 0.505 e. The summed E-state index contributed by atoms with van der Waals surface area (Å²) in [6.45, 7) is 0. The lowest BCUT2D eigenvalue weighted by Crippen LogP contribution is -1.95. The van der Waals surface area contributed by atoms with Crippen LogP contribution in [0.15, 0.2) is 6.07 Å². The predicted molar refractivity (Wildman–Crippen MR) is 50.1 cm³/mol. The fourth-order valence-corrected chi connectivity index (χ4v) is 1.32. The number of hydrogen-bond donors (Lipinski definition) is 1. The minimum atomic E-state index is -2.73. The first-order valence-corrected chi connectivity index (χ1v) is 4.35. The number of aromatic hydroxyl groups is 1. The molecule has 1 rings (SSSR count). The second kappa shape index (κ2) is 4.03. The Morgan fingerprint density at radius 2 is 2.23 bits per heavy atom. The van der Waals surface area contributed by atoms with Gasteiger partial charge >= 0.3 is 0 Å². The highest BCUT2D eigenvalue weighted by Crippen LogP contribution is 2.33. The van der Waals surface area contributed by atoms with Gasteiger partial charge in [0.25, 0.3) is 6.43 Å². The minimum absolute atomic E-state index is 0.0671. The highest BCUT2D eigenvalue weighted by atomic mass is 127. The van der Waals surface area contributed by atoms with E-state index in [1.165, 1.54) is 7.11 Å². The first-order chi connectivity index (χ1) is 6.06. The van der Waals surface area contributed by atoms with Crippen molar-refractivity contribution in [3.8, 4) is 11.6 Å². The minimum Gasteiger partial charge on any atom is -0.505 e. The summed E-state index contributed by atoms with van der Waals surface area (Å²) in [6.07, 6.45) is -2.73. The number of nitrogens with zero attached hydrogens (tertiary/aromatic N) is 1. The average Bonchev–Trinajstić information content (AvgIpc) is 2.09. The number of aromatic nitrogens is 1. The molecule has 0 saturated heterocycles. The van der Waals surface area contributed by atoms with E-state index in [1.54, 1.807) is 22.6 Å². The van der Waals surface area contributed by atoms with Gasteiger partial charge in [-0.2, -0.15) is 0 Å². The molecule has 6 heteroatoms. The zero-order valence-electron chi connectivity index (χ0n) is 6.59. The molecular formula is C7H6F2INO2. The van der Waals surface area contributed by atoms with E-state index in [4.69, 9.17) is 0 Å². The van der Waals surface area contributed by atoms with Gasteiger partial charge in [-0.25, -0.2) is 13.8 Å². The van der Waals surface area contributed by atoms with Gasteiger partial charge in [0.15, 0.2) is 5.75 Å². The van der Waals surface area contributed by atoms with E-state index in [9.17, 15) is 13.9 Å². The summed E-state index contributed by atoms with van der Waals surface area (Å²) < 4.78 is 29.3. The van der Waals surface area contributed by atoms with Gasteiger partial charge in [-0.3, -0.25) is 0 Å². The Morgan fingerprint density at radius 1 is 1.62 bits per heavy atom. The standard InChI is InChI=1S/C7H6F2INO2/c1-13-4-2-3(6(8)9)5(12)7(10)11-4/h2,6,12H,1H3. The molecule has 0 spiro atoms. The van der Waals surface area contributed by atoms with Gasteiger partial charge in [0.2, 0.25) is 5.88 Å². The van der Waals surface area contributed by atoms with E-state index in [0.717, 1.165) is 6.07 Å². The molecule has 0 amide bonds. The van der Waals surface area contributed by atoms with Crippen molar-refractivity contribution in [2.45, 2.75) is 6.43 Å². The zero-order valence-corrected chi connectivity index (χ0v) is 8.75. The van der Waals surface area contributed by atoms with Crippen molar-refractivity contribution in [2.75, 3.05) is 7.11 Å².